The highest BCUT2D eigenvalue weighted by atomic mass is 16.3. The van der Waals surface area contributed by atoms with Crippen LogP contribution in [-0.2, 0) is 4.79 Å². The lowest BCUT2D eigenvalue weighted by molar-refractivity contribution is -0.124. The number of benzene rings is 1. The van der Waals surface area contributed by atoms with Crippen molar-refractivity contribution in [2.24, 2.45) is 0 Å². The standard InChI is InChI=1S/C16H26N2O2/c1-4-16(5-2,11-19)18-15(20)10-12(3)13-6-8-14(17)9-7-13/h6-9,12,19H,4-5,10-11,17H2,1-3H3,(H,18,20). The van der Waals surface area contributed by atoms with E-state index in [1.165, 1.54) is 0 Å². The number of nitrogen functional groups attached to an aromatic ring is 1. The van der Waals surface area contributed by atoms with Gasteiger partial charge in [0.1, 0.15) is 0 Å². The maximum absolute atomic E-state index is 12.1. The molecule has 1 unspecified atom stereocenters. The highest BCUT2D eigenvalue weighted by Gasteiger charge is 2.27. The van der Waals surface area contributed by atoms with Gasteiger partial charge in [0, 0.05) is 12.1 Å². The van der Waals surface area contributed by atoms with E-state index in [0.717, 1.165) is 24.1 Å². The van der Waals surface area contributed by atoms with E-state index in [4.69, 9.17) is 5.73 Å². The number of nitrogens with two attached hydrogens (primary N) is 1. The summed E-state index contributed by atoms with van der Waals surface area (Å²) in [5.74, 6) is 0.104. The molecule has 1 aromatic carbocycles. The second-order valence-electron chi connectivity index (χ2n) is 5.47. The lowest BCUT2D eigenvalue weighted by Gasteiger charge is -2.31. The first kappa shape index (κ1) is 16.5. The Morgan fingerprint density at radius 2 is 1.85 bits per heavy atom. The Hall–Kier alpha value is -1.55. The molecule has 0 bridgehead atoms. The van der Waals surface area contributed by atoms with Crippen LogP contribution >= 0.6 is 0 Å². The van der Waals surface area contributed by atoms with Gasteiger partial charge in [-0.15, -0.1) is 0 Å². The number of amides is 1. The Bertz CT molecular complexity index is 416. The largest absolute Gasteiger partial charge is 0.399 e. The number of hydrogen-bond acceptors (Lipinski definition) is 3. The Morgan fingerprint density at radius 3 is 2.30 bits per heavy atom. The van der Waals surface area contributed by atoms with Gasteiger partial charge in [0.2, 0.25) is 5.91 Å². The van der Waals surface area contributed by atoms with Crippen LogP contribution in [0.2, 0.25) is 0 Å². The lowest BCUT2D eigenvalue weighted by atomic mass is 9.92. The predicted molar refractivity (Wildman–Crippen MR) is 82.4 cm³/mol. The van der Waals surface area contributed by atoms with Gasteiger partial charge >= 0.3 is 0 Å². The number of aliphatic hydroxyl groups is 1. The molecular weight excluding hydrogens is 252 g/mol. The maximum atomic E-state index is 12.1. The molecule has 4 heteroatoms. The molecule has 0 aliphatic carbocycles. The first-order valence-electron chi connectivity index (χ1n) is 7.23. The summed E-state index contributed by atoms with van der Waals surface area (Å²) in [6.07, 6.45) is 1.86. The van der Waals surface area contributed by atoms with E-state index in [1.54, 1.807) is 0 Å². The van der Waals surface area contributed by atoms with Crippen molar-refractivity contribution in [3.63, 3.8) is 0 Å². The Kier molecular flexibility index (Phi) is 6.02. The topological polar surface area (TPSA) is 75.3 Å². The summed E-state index contributed by atoms with van der Waals surface area (Å²) in [4.78, 5) is 12.1. The second-order valence-corrected chi connectivity index (χ2v) is 5.47. The molecule has 1 atom stereocenters. The molecule has 0 heterocycles. The van der Waals surface area contributed by atoms with Crippen LogP contribution in [0, 0.1) is 0 Å². The highest BCUT2D eigenvalue weighted by Crippen LogP contribution is 2.21. The van der Waals surface area contributed by atoms with E-state index in [9.17, 15) is 9.90 Å². The fourth-order valence-electron chi connectivity index (χ4n) is 2.26. The summed E-state index contributed by atoms with van der Waals surface area (Å²) in [6.45, 7) is 5.94. The summed E-state index contributed by atoms with van der Waals surface area (Å²) in [5.41, 5.74) is 6.99. The van der Waals surface area contributed by atoms with Crippen LogP contribution < -0.4 is 11.1 Å². The van der Waals surface area contributed by atoms with Crippen LogP contribution in [0.25, 0.3) is 0 Å². The van der Waals surface area contributed by atoms with E-state index < -0.39 is 5.54 Å². The molecule has 1 rings (SSSR count). The summed E-state index contributed by atoms with van der Waals surface area (Å²) in [6, 6.07) is 7.60. The van der Waals surface area contributed by atoms with Crippen molar-refractivity contribution in [1.29, 1.82) is 0 Å². The van der Waals surface area contributed by atoms with Crippen LogP contribution in [0.15, 0.2) is 24.3 Å². The first-order chi connectivity index (χ1) is 9.46. The summed E-state index contributed by atoms with van der Waals surface area (Å²) >= 11 is 0. The average molecular weight is 278 g/mol. The molecule has 4 nitrogen and oxygen atoms in total. The van der Waals surface area contributed by atoms with E-state index in [0.29, 0.717) is 6.42 Å². The fourth-order valence-corrected chi connectivity index (χ4v) is 2.26. The number of nitrogens with one attached hydrogen (secondary N) is 1. The number of aliphatic hydroxyl groups excluding tert-OH is 1. The average Bonchev–Trinajstić information content (AvgIpc) is 2.45. The van der Waals surface area contributed by atoms with Gasteiger partial charge in [-0.2, -0.15) is 0 Å². The van der Waals surface area contributed by atoms with Crippen molar-refractivity contribution >= 4 is 11.6 Å². The quantitative estimate of drug-likeness (QED) is 0.670. The maximum Gasteiger partial charge on any atom is 0.221 e. The minimum atomic E-state index is -0.488. The number of anilines is 1. The molecule has 1 aromatic rings. The zero-order valence-corrected chi connectivity index (χ0v) is 12.6. The Balaban J connectivity index is 2.63. The molecule has 0 aliphatic heterocycles. The van der Waals surface area contributed by atoms with Crippen molar-refractivity contribution in [3.8, 4) is 0 Å². The molecule has 112 valence electrons. The zero-order valence-electron chi connectivity index (χ0n) is 12.6. The monoisotopic (exact) mass is 278 g/mol. The number of rotatable bonds is 7. The van der Waals surface area contributed by atoms with Gasteiger partial charge in [0.25, 0.3) is 0 Å². The third kappa shape index (κ3) is 4.23. The number of hydrogen-bond donors (Lipinski definition) is 3. The molecule has 0 saturated heterocycles. The van der Waals surface area contributed by atoms with Crippen molar-refractivity contribution < 1.29 is 9.90 Å². The molecule has 0 fully saturated rings. The zero-order chi connectivity index (χ0) is 15.2. The fraction of sp³-hybridized carbons (Fsp3) is 0.562. The molecule has 4 N–H and O–H groups in total. The van der Waals surface area contributed by atoms with E-state index in [-0.39, 0.29) is 18.4 Å². The van der Waals surface area contributed by atoms with Crippen LogP contribution in [0.5, 0.6) is 0 Å². The highest BCUT2D eigenvalue weighted by molar-refractivity contribution is 5.77. The Morgan fingerprint density at radius 1 is 1.30 bits per heavy atom. The van der Waals surface area contributed by atoms with Gasteiger partial charge in [0.15, 0.2) is 0 Å². The van der Waals surface area contributed by atoms with Crippen LogP contribution in [0.4, 0.5) is 5.69 Å². The van der Waals surface area contributed by atoms with Crippen molar-refractivity contribution in [3.05, 3.63) is 29.8 Å². The van der Waals surface area contributed by atoms with Gasteiger partial charge in [-0.3, -0.25) is 4.79 Å². The van der Waals surface area contributed by atoms with Gasteiger partial charge in [-0.1, -0.05) is 32.9 Å². The van der Waals surface area contributed by atoms with Crippen LogP contribution in [0.1, 0.15) is 51.5 Å². The van der Waals surface area contributed by atoms with Gasteiger partial charge in [0.05, 0.1) is 12.1 Å². The minimum Gasteiger partial charge on any atom is -0.399 e. The number of carbonyl (C=O) groups excluding carboxylic acids is 1. The van der Waals surface area contributed by atoms with Gasteiger partial charge in [-0.05, 0) is 36.5 Å². The normalized spacial score (nSPS) is 13.0. The minimum absolute atomic E-state index is 0.0212. The first-order valence-corrected chi connectivity index (χ1v) is 7.23. The Labute approximate surface area is 121 Å². The summed E-state index contributed by atoms with van der Waals surface area (Å²) < 4.78 is 0. The molecule has 1 amide bonds. The summed E-state index contributed by atoms with van der Waals surface area (Å²) in [5, 5.41) is 12.5. The molecule has 0 aliphatic rings. The molecular formula is C16H26N2O2. The third-order valence-electron chi connectivity index (χ3n) is 4.06. The predicted octanol–water partition coefficient (Wildman–Crippen LogP) is 2.43. The van der Waals surface area contributed by atoms with Gasteiger partial charge < -0.3 is 16.2 Å². The third-order valence-corrected chi connectivity index (χ3v) is 4.06. The van der Waals surface area contributed by atoms with Crippen LogP contribution in [-0.4, -0.2) is 23.2 Å². The van der Waals surface area contributed by atoms with Gasteiger partial charge in [-0.25, -0.2) is 0 Å². The molecule has 0 aromatic heterocycles. The molecule has 20 heavy (non-hydrogen) atoms. The van der Waals surface area contributed by atoms with E-state index >= 15 is 0 Å². The molecule has 0 spiro atoms. The smallest absolute Gasteiger partial charge is 0.221 e. The van der Waals surface area contributed by atoms with Crippen molar-refractivity contribution in [2.75, 3.05) is 12.3 Å². The SMILES string of the molecule is CCC(CC)(CO)NC(=O)CC(C)c1ccc(N)cc1. The van der Waals surface area contributed by atoms with Crippen LogP contribution in [0.3, 0.4) is 0 Å². The van der Waals surface area contributed by atoms with E-state index in [1.807, 2.05) is 45.0 Å². The molecule has 0 radical (unpaired) electrons. The van der Waals surface area contributed by atoms with E-state index in [2.05, 4.69) is 5.32 Å². The van der Waals surface area contributed by atoms with Crippen molar-refractivity contribution in [2.45, 2.75) is 51.5 Å². The summed E-state index contributed by atoms with van der Waals surface area (Å²) in [7, 11) is 0. The second kappa shape index (κ2) is 7.29. The molecule has 0 saturated carbocycles. The van der Waals surface area contributed by atoms with Crippen molar-refractivity contribution in [1.82, 2.24) is 5.32 Å². The number of carbonyl (C=O) groups is 1. The lowest BCUT2D eigenvalue weighted by Crippen LogP contribution is -2.50.